The van der Waals surface area contributed by atoms with E-state index >= 15 is 0 Å². The molecular weight excluding hydrogens is 466 g/mol. The van der Waals surface area contributed by atoms with Gasteiger partial charge in [-0.1, -0.05) is 59.6 Å². The van der Waals surface area contributed by atoms with Gasteiger partial charge in [0.1, 0.15) is 11.4 Å². The number of ether oxygens (including phenoxy) is 2. The number of nitrogens with zero attached hydrogens (tertiary/aromatic N) is 3. The SMILES string of the molecule is COC(=O)c1c(C(=O)OC)n(-c2ccc(C)cc2)c(-c2ccccc2)nc1=Nc1ccc(Cl)cc1. The van der Waals surface area contributed by atoms with Crippen molar-refractivity contribution >= 4 is 29.2 Å². The molecule has 0 spiro atoms. The number of benzene rings is 3. The van der Waals surface area contributed by atoms with Gasteiger partial charge >= 0.3 is 11.9 Å². The van der Waals surface area contributed by atoms with Crippen molar-refractivity contribution in [1.29, 1.82) is 0 Å². The summed E-state index contributed by atoms with van der Waals surface area (Å²) in [6, 6.07) is 23.5. The normalized spacial score (nSPS) is 11.3. The van der Waals surface area contributed by atoms with Crippen LogP contribution in [0.4, 0.5) is 5.69 Å². The third-order valence-electron chi connectivity index (χ3n) is 5.26. The lowest BCUT2D eigenvalue weighted by Crippen LogP contribution is -2.31. The van der Waals surface area contributed by atoms with Gasteiger partial charge in [0.15, 0.2) is 11.2 Å². The first-order valence-electron chi connectivity index (χ1n) is 10.7. The van der Waals surface area contributed by atoms with Crippen LogP contribution in [-0.4, -0.2) is 35.7 Å². The summed E-state index contributed by atoms with van der Waals surface area (Å²) in [5.41, 5.74) is 2.70. The Morgan fingerprint density at radius 1 is 0.857 bits per heavy atom. The molecule has 0 bridgehead atoms. The van der Waals surface area contributed by atoms with Gasteiger partial charge in [0, 0.05) is 16.3 Å². The molecule has 0 aliphatic heterocycles. The van der Waals surface area contributed by atoms with Crippen LogP contribution < -0.4 is 5.49 Å². The largest absolute Gasteiger partial charge is 0.465 e. The molecule has 1 heterocycles. The highest BCUT2D eigenvalue weighted by Crippen LogP contribution is 2.25. The summed E-state index contributed by atoms with van der Waals surface area (Å²) < 4.78 is 11.7. The molecule has 3 aromatic carbocycles. The van der Waals surface area contributed by atoms with Gasteiger partial charge in [0.05, 0.1) is 19.9 Å². The van der Waals surface area contributed by atoms with Gasteiger partial charge in [0.2, 0.25) is 0 Å². The fraction of sp³-hybridized carbons (Fsp3) is 0.111. The van der Waals surface area contributed by atoms with E-state index in [9.17, 15) is 9.59 Å². The Hall–Kier alpha value is -4.23. The van der Waals surface area contributed by atoms with E-state index in [1.807, 2.05) is 61.5 Å². The third-order valence-corrected chi connectivity index (χ3v) is 5.51. The van der Waals surface area contributed by atoms with Crippen LogP contribution in [0.1, 0.15) is 26.4 Å². The van der Waals surface area contributed by atoms with Crippen LogP contribution in [0.2, 0.25) is 5.02 Å². The fourth-order valence-electron chi connectivity index (χ4n) is 3.55. The molecule has 4 aromatic rings. The number of methoxy groups -OCH3 is 2. The van der Waals surface area contributed by atoms with Crippen molar-refractivity contribution in [3.63, 3.8) is 0 Å². The number of hydrogen-bond acceptors (Lipinski definition) is 6. The Morgan fingerprint density at radius 3 is 2.09 bits per heavy atom. The fourth-order valence-corrected chi connectivity index (χ4v) is 3.68. The zero-order chi connectivity index (χ0) is 24.9. The maximum absolute atomic E-state index is 13.2. The second kappa shape index (κ2) is 10.4. The predicted octanol–water partition coefficient (Wildman–Crippen LogP) is 5.31. The smallest absolute Gasteiger partial charge is 0.356 e. The Morgan fingerprint density at radius 2 is 1.49 bits per heavy atom. The molecule has 0 aliphatic rings. The molecular formula is C27H22ClN3O4. The van der Waals surface area contributed by atoms with E-state index in [0.29, 0.717) is 27.8 Å². The minimum atomic E-state index is -0.772. The highest BCUT2D eigenvalue weighted by Gasteiger charge is 2.29. The molecule has 1 aromatic heterocycles. The zero-order valence-corrected chi connectivity index (χ0v) is 20.1. The quantitative estimate of drug-likeness (QED) is 0.356. The van der Waals surface area contributed by atoms with Crippen LogP contribution in [0.25, 0.3) is 17.1 Å². The van der Waals surface area contributed by atoms with Crippen LogP contribution >= 0.6 is 11.6 Å². The number of halogens is 1. The molecule has 0 aliphatic carbocycles. The number of carbonyl (C=O) groups is 2. The Bertz CT molecular complexity index is 1450. The second-order valence-electron chi connectivity index (χ2n) is 7.59. The molecule has 0 radical (unpaired) electrons. The van der Waals surface area contributed by atoms with Crippen molar-refractivity contribution < 1.29 is 19.1 Å². The summed E-state index contributed by atoms with van der Waals surface area (Å²) in [5, 5.41) is 0.538. The second-order valence-corrected chi connectivity index (χ2v) is 8.03. The maximum atomic E-state index is 13.2. The van der Waals surface area contributed by atoms with E-state index < -0.39 is 11.9 Å². The van der Waals surface area contributed by atoms with Gasteiger partial charge < -0.3 is 9.47 Å². The van der Waals surface area contributed by atoms with E-state index in [0.717, 1.165) is 5.56 Å². The minimum Gasteiger partial charge on any atom is -0.465 e. The number of carbonyl (C=O) groups excluding carboxylic acids is 2. The highest BCUT2D eigenvalue weighted by molar-refractivity contribution is 6.30. The molecule has 7 nitrogen and oxygen atoms in total. The molecule has 0 amide bonds. The summed E-state index contributed by atoms with van der Waals surface area (Å²) in [7, 11) is 2.48. The topological polar surface area (TPSA) is 82.8 Å². The molecule has 35 heavy (non-hydrogen) atoms. The van der Waals surface area contributed by atoms with Gasteiger partial charge in [-0.25, -0.2) is 19.6 Å². The van der Waals surface area contributed by atoms with E-state index in [1.54, 1.807) is 28.8 Å². The standard InChI is InChI=1S/C27H22ClN3O4/c1-17-9-15-21(16-10-17)31-23(27(33)35-3)22(26(32)34-2)24(29-20-13-11-19(28)12-14-20)30-25(31)18-7-5-4-6-8-18/h4-16H,1-3H3. The Labute approximate surface area is 207 Å². The number of aryl methyl sites for hydroxylation is 1. The maximum Gasteiger partial charge on any atom is 0.356 e. The van der Waals surface area contributed by atoms with Gasteiger partial charge in [-0.2, -0.15) is 0 Å². The molecule has 0 fully saturated rings. The number of esters is 2. The van der Waals surface area contributed by atoms with Crippen molar-refractivity contribution in [2.24, 2.45) is 4.99 Å². The van der Waals surface area contributed by atoms with Crippen LogP contribution in [0, 0.1) is 6.92 Å². The van der Waals surface area contributed by atoms with Crippen molar-refractivity contribution in [3.05, 3.63) is 106 Å². The molecule has 176 valence electrons. The lowest BCUT2D eigenvalue weighted by molar-refractivity contribution is 0.0544. The Kier molecular flexibility index (Phi) is 7.08. The van der Waals surface area contributed by atoms with E-state index in [1.165, 1.54) is 14.2 Å². The first-order valence-corrected chi connectivity index (χ1v) is 11.1. The van der Waals surface area contributed by atoms with E-state index in [-0.39, 0.29) is 16.7 Å². The zero-order valence-electron chi connectivity index (χ0n) is 19.4. The molecule has 4 rings (SSSR count). The van der Waals surface area contributed by atoms with Gasteiger partial charge in [-0.3, -0.25) is 4.57 Å². The van der Waals surface area contributed by atoms with Crippen LogP contribution in [0.5, 0.6) is 0 Å². The Balaban J connectivity index is 2.20. The molecule has 8 heteroatoms. The van der Waals surface area contributed by atoms with Crippen molar-refractivity contribution in [2.45, 2.75) is 6.92 Å². The van der Waals surface area contributed by atoms with Crippen molar-refractivity contribution in [1.82, 2.24) is 9.55 Å². The third kappa shape index (κ3) is 5.00. The molecule has 0 saturated carbocycles. The van der Waals surface area contributed by atoms with Crippen molar-refractivity contribution in [2.75, 3.05) is 14.2 Å². The van der Waals surface area contributed by atoms with Crippen molar-refractivity contribution in [3.8, 4) is 17.1 Å². The lowest BCUT2D eigenvalue weighted by atomic mass is 10.1. The summed E-state index contributed by atoms with van der Waals surface area (Å²) in [4.78, 5) is 35.6. The summed E-state index contributed by atoms with van der Waals surface area (Å²) >= 11 is 6.01. The first kappa shape index (κ1) is 23.9. The predicted molar refractivity (Wildman–Crippen MR) is 133 cm³/mol. The van der Waals surface area contributed by atoms with Gasteiger partial charge in [0.25, 0.3) is 0 Å². The monoisotopic (exact) mass is 487 g/mol. The first-order chi connectivity index (χ1) is 16.9. The van der Waals surface area contributed by atoms with Crippen LogP contribution in [-0.2, 0) is 9.47 Å². The van der Waals surface area contributed by atoms with Crippen LogP contribution in [0.3, 0.4) is 0 Å². The van der Waals surface area contributed by atoms with E-state index in [4.69, 9.17) is 26.1 Å². The average molecular weight is 488 g/mol. The van der Waals surface area contributed by atoms with Gasteiger partial charge in [-0.15, -0.1) is 0 Å². The molecule has 0 saturated heterocycles. The number of aromatic nitrogens is 2. The van der Waals surface area contributed by atoms with Gasteiger partial charge in [-0.05, 0) is 43.3 Å². The lowest BCUT2D eigenvalue weighted by Gasteiger charge is -2.20. The molecule has 0 atom stereocenters. The average Bonchev–Trinajstić information content (AvgIpc) is 2.89. The number of hydrogen-bond donors (Lipinski definition) is 0. The van der Waals surface area contributed by atoms with E-state index in [2.05, 4.69) is 4.99 Å². The highest BCUT2D eigenvalue weighted by atomic mass is 35.5. The summed E-state index contributed by atoms with van der Waals surface area (Å²) in [5.74, 6) is -1.11. The minimum absolute atomic E-state index is 0.0155. The van der Waals surface area contributed by atoms with Crippen LogP contribution in [0.15, 0.2) is 83.9 Å². The number of rotatable bonds is 5. The molecule has 0 unspecified atom stereocenters. The molecule has 0 N–H and O–H groups in total. The summed E-state index contributed by atoms with van der Waals surface area (Å²) in [6.07, 6.45) is 0. The summed E-state index contributed by atoms with van der Waals surface area (Å²) in [6.45, 7) is 1.96.